The maximum atomic E-state index is 11.2. The topological polar surface area (TPSA) is 46.5 Å². The minimum Gasteiger partial charge on any atom is -0.469 e. The second-order valence-corrected chi connectivity index (χ2v) is 4.44. The largest absolute Gasteiger partial charge is 0.469 e. The number of carbonyl (C=O) groups is 1. The molecule has 0 radical (unpaired) electrons. The fourth-order valence-electron chi connectivity index (χ4n) is 1.70. The molecule has 98 valence electrons. The molecule has 1 atom stereocenters. The lowest BCUT2D eigenvalue weighted by molar-refractivity contribution is -0.139. The Morgan fingerprint density at radius 1 is 1.22 bits per heavy atom. The first-order chi connectivity index (χ1) is 8.54. The highest BCUT2D eigenvalue weighted by molar-refractivity contribution is 5.72. The van der Waals surface area contributed by atoms with Crippen LogP contribution in [-0.2, 0) is 9.53 Å². The summed E-state index contributed by atoms with van der Waals surface area (Å²) >= 11 is 0. The van der Waals surface area contributed by atoms with Gasteiger partial charge in [-0.15, -0.1) is 0 Å². The van der Waals surface area contributed by atoms with Crippen LogP contribution in [0, 0.1) is 0 Å². The van der Waals surface area contributed by atoms with E-state index in [-0.39, 0.29) is 12.4 Å². The number of methoxy groups -OCH3 is 1. The van der Waals surface area contributed by atoms with Gasteiger partial charge in [0.25, 0.3) is 0 Å². The van der Waals surface area contributed by atoms with Gasteiger partial charge in [0.2, 0.25) is 0 Å². The number of hydrogen-bond donors (Lipinski definition) is 1. The molecule has 1 aromatic rings. The first-order valence-corrected chi connectivity index (χ1v) is 5.99. The van der Waals surface area contributed by atoms with Crippen LogP contribution in [0.4, 0.5) is 0 Å². The van der Waals surface area contributed by atoms with E-state index in [9.17, 15) is 9.90 Å². The standard InChI is InChI=1S/C15H20O3/c1-11(12(2)10-15(17)18-3)9-14(16)13-7-5-4-6-8-13/h4-8,14,16H,9-10H2,1-3H3/b12-11+. The highest BCUT2D eigenvalue weighted by atomic mass is 16.5. The second kappa shape index (κ2) is 6.97. The van der Waals surface area contributed by atoms with Crippen LogP contribution in [0.1, 0.15) is 38.4 Å². The van der Waals surface area contributed by atoms with Crippen molar-refractivity contribution in [1.82, 2.24) is 0 Å². The van der Waals surface area contributed by atoms with E-state index in [1.54, 1.807) is 0 Å². The number of aliphatic hydroxyl groups is 1. The molecule has 0 spiro atoms. The van der Waals surface area contributed by atoms with Crippen molar-refractivity contribution in [2.24, 2.45) is 0 Å². The SMILES string of the molecule is COC(=O)C/C(C)=C(\C)CC(O)c1ccccc1. The fourth-order valence-corrected chi connectivity index (χ4v) is 1.70. The monoisotopic (exact) mass is 248 g/mol. The molecule has 0 saturated heterocycles. The van der Waals surface area contributed by atoms with Crippen LogP contribution < -0.4 is 0 Å². The predicted octanol–water partition coefficient (Wildman–Crippen LogP) is 3.01. The molecule has 3 heteroatoms. The molecule has 18 heavy (non-hydrogen) atoms. The molecule has 0 bridgehead atoms. The van der Waals surface area contributed by atoms with Crippen molar-refractivity contribution in [3.05, 3.63) is 47.0 Å². The quantitative estimate of drug-likeness (QED) is 0.643. The second-order valence-electron chi connectivity index (χ2n) is 4.44. The van der Waals surface area contributed by atoms with Gasteiger partial charge in [-0.25, -0.2) is 0 Å². The van der Waals surface area contributed by atoms with Gasteiger partial charge in [-0.3, -0.25) is 4.79 Å². The number of ether oxygens (including phenoxy) is 1. The summed E-state index contributed by atoms with van der Waals surface area (Å²) in [6.07, 6.45) is 0.287. The van der Waals surface area contributed by atoms with E-state index in [1.165, 1.54) is 7.11 Å². The van der Waals surface area contributed by atoms with Crippen LogP contribution in [-0.4, -0.2) is 18.2 Å². The van der Waals surface area contributed by atoms with E-state index in [4.69, 9.17) is 0 Å². The van der Waals surface area contributed by atoms with Crippen molar-refractivity contribution in [3.8, 4) is 0 Å². The van der Waals surface area contributed by atoms with E-state index in [0.29, 0.717) is 6.42 Å². The summed E-state index contributed by atoms with van der Waals surface area (Å²) < 4.78 is 4.63. The molecule has 1 N–H and O–H groups in total. The van der Waals surface area contributed by atoms with Crippen LogP contribution in [0.5, 0.6) is 0 Å². The highest BCUT2D eigenvalue weighted by Gasteiger charge is 2.11. The number of benzene rings is 1. The van der Waals surface area contributed by atoms with Crippen molar-refractivity contribution in [1.29, 1.82) is 0 Å². The molecule has 1 unspecified atom stereocenters. The maximum Gasteiger partial charge on any atom is 0.309 e. The predicted molar refractivity (Wildman–Crippen MR) is 71.0 cm³/mol. The van der Waals surface area contributed by atoms with E-state index >= 15 is 0 Å². The zero-order valence-electron chi connectivity index (χ0n) is 11.1. The smallest absolute Gasteiger partial charge is 0.309 e. The molecule has 0 heterocycles. The van der Waals surface area contributed by atoms with Gasteiger partial charge in [0.05, 0.1) is 19.6 Å². The van der Waals surface area contributed by atoms with E-state index < -0.39 is 6.10 Å². The lowest BCUT2D eigenvalue weighted by Gasteiger charge is -2.13. The third-order valence-electron chi connectivity index (χ3n) is 3.05. The maximum absolute atomic E-state index is 11.2. The zero-order valence-corrected chi connectivity index (χ0v) is 11.1. The first kappa shape index (κ1) is 14.5. The summed E-state index contributed by atoms with van der Waals surface area (Å²) in [7, 11) is 1.38. The summed E-state index contributed by atoms with van der Waals surface area (Å²) in [4.78, 5) is 11.2. The molecule has 0 fully saturated rings. The summed E-state index contributed by atoms with van der Waals surface area (Å²) in [6.45, 7) is 3.83. The minimum absolute atomic E-state index is 0.249. The normalized spacial score (nSPS) is 13.8. The minimum atomic E-state index is -0.529. The highest BCUT2D eigenvalue weighted by Crippen LogP contribution is 2.23. The lowest BCUT2D eigenvalue weighted by Crippen LogP contribution is -2.04. The van der Waals surface area contributed by atoms with E-state index in [1.807, 2.05) is 44.2 Å². The van der Waals surface area contributed by atoms with Crippen LogP contribution in [0.15, 0.2) is 41.5 Å². The molecule has 0 aliphatic carbocycles. The van der Waals surface area contributed by atoms with Gasteiger partial charge in [-0.05, 0) is 25.8 Å². The van der Waals surface area contributed by atoms with E-state index in [2.05, 4.69) is 4.74 Å². The number of esters is 1. The van der Waals surface area contributed by atoms with Gasteiger partial charge in [0, 0.05) is 0 Å². The van der Waals surface area contributed by atoms with Crippen molar-refractivity contribution in [2.75, 3.05) is 7.11 Å². The Morgan fingerprint density at radius 3 is 2.39 bits per heavy atom. The van der Waals surface area contributed by atoms with Crippen LogP contribution >= 0.6 is 0 Å². The van der Waals surface area contributed by atoms with Gasteiger partial charge in [0.1, 0.15) is 0 Å². The average Bonchev–Trinajstić information content (AvgIpc) is 2.39. The first-order valence-electron chi connectivity index (χ1n) is 5.99. The van der Waals surface area contributed by atoms with Gasteiger partial charge < -0.3 is 9.84 Å². The summed E-state index contributed by atoms with van der Waals surface area (Å²) in [5, 5.41) is 10.1. The molecular weight excluding hydrogens is 228 g/mol. The lowest BCUT2D eigenvalue weighted by atomic mass is 9.98. The summed E-state index contributed by atoms with van der Waals surface area (Å²) in [5.41, 5.74) is 2.87. The van der Waals surface area contributed by atoms with Gasteiger partial charge in [0.15, 0.2) is 0 Å². The molecule has 0 aromatic heterocycles. The van der Waals surface area contributed by atoms with Crippen LogP contribution in [0.3, 0.4) is 0 Å². The fraction of sp³-hybridized carbons (Fsp3) is 0.400. The number of carbonyl (C=O) groups excluding carboxylic acids is 1. The van der Waals surface area contributed by atoms with Crippen molar-refractivity contribution in [3.63, 3.8) is 0 Å². The Labute approximate surface area is 108 Å². The molecular formula is C15H20O3. The van der Waals surface area contributed by atoms with Crippen LogP contribution in [0.25, 0.3) is 0 Å². The van der Waals surface area contributed by atoms with E-state index in [0.717, 1.165) is 16.7 Å². The van der Waals surface area contributed by atoms with Crippen molar-refractivity contribution >= 4 is 5.97 Å². The Morgan fingerprint density at radius 2 is 1.83 bits per heavy atom. The van der Waals surface area contributed by atoms with Crippen LogP contribution in [0.2, 0.25) is 0 Å². The van der Waals surface area contributed by atoms with Gasteiger partial charge in [-0.1, -0.05) is 41.5 Å². The third kappa shape index (κ3) is 4.34. The van der Waals surface area contributed by atoms with Crippen molar-refractivity contribution in [2.45, 2.75) is 32.8 Å². The van der Waals surface area contributed by atoms with Gasteiger partial charge >= 0.3 is 5.97 Å². The molecule has 0 amide bonds. The summed E-state index contributed by atoms with van der Waals surface area (Å²) in [5.74, 6) is -0.249. The summed E-state index contributed by atoms with van der Waals surface area (Å²) in [6, 6.07) is 9.51. The Hall–Kier alpha value is -1.61. The average molecular weight is 248 g/mol. The Balaban J connectivity index is 2.66. The zero-order chi connectivity index (χ0) is 13.5. The van der Waals surface area contributed by atoms with Gasteiger partial charge in [-0.2, -0.15) is 0 Å². The number of hydrogen-bond acceptors (Lipinski definition) is 3. The molecule has 1 rings (SSSR count). The molecule has 0 saturated carbocycles. The van der Waals surface area contributed by atoms with Crippen molar-refractivity contribution < 1.29 is 14.6 Å². The molecule has 3 nitrogen and oxygen atoms in total. The molecule has 1 aromatic carbocycles. The number of rotatable bonds is 5. The Bertz CT molecular complexity index is 421. The number of aliphatic hydroxyl groups excluding tert-OH is 1. The third-order valence-corrected chi connectivity index (χ3v) is 3.05. The Kier molecular flexibility index (Phi) is 5.59. The molecule has 0 aliphatic heterocycles. The molecule has 0 aliphatic rings.